The van der Waals surface area contributed by atoms with Crippen LogP contribution in [0.5, 0.6) is 0 Å². The lowest BCUT2D eigenvalue weighted by Gasteiger charge is -2.29. The van der Waals surface area contributed by atoms with E-state index in [9.17, 15) is 0 Å². The van der Waals surface area contributed by atoms with Crippen molar-refractivity contribution in [1.82, 2.24) is 5.32 Å². The van der Waals surface area contributed by atoms with Crippen molar-refractivity contribution in [2.24, 2.45) is 11.8 Å². The van der Waals surface area contributed by atoms with Gasteiger partial charge < -0.3 is 14.8 Å². The predicted octanol–water partition coefficient (Wildman–Crippen LogP) is 1.67. The Balaban J connectivity index is 1.99. The van der Waals surface area contributed by atoms with Crippen LogP contribution >= 0.6 is 0 Å². The standard InChI is InChI=1S/C12H25NO2/c1-10(2)9-14-6-7-15-12-4-5-13-8-11(12)3/h10-13H,4-9H2,1-3H3. The molecule has 15 heavy (non-hydrogen) atoms. The quantitative estimate of drug-likeness (QED) is 0.684. The molecule has 1 N–H and O–H groups in total. The molecule has 2 unspecified atom stereocenters. The SMILES string of the molecule is CC(C)COCCOC1CCNCC1C. The number of ether oxygens (including phenoxy) is 2. The van der Waals surface area contributed by atoms with E-state index in [0.717, 1.165) is 39.3 Å². The van der Waals surface area contributed by atoms with Crippen LogP contribution in [0.4, 0.5) is 0 Å². The highest BCUT2D eigenvalue weighted by molar-refractivity contribution is 4.75. The van der Waals surface area contributed by atoms with E-state index in [1.165, 1.54) is 0 Å². The van der Waals surface area contributed by atoms with Crippen LogP contribution in [0, 0.1) is 11.8 Å². The Morgan fingerprint density at radius 3 is 2.80 bits per heavy atom. The molecule has 1 heterocycles. The van der Waals surface area contributed by atoms with Gasteiger partial charge in [0.25, 0.3) is 0 Å². The van der Waals surface area contributed by atoms with Gasteiger partial charge in [-0.15, -0.1) is 0 Å². The first-order valence-electron chi connectivity index (χ1n) is 6.10. The molecule has 0 aromatic heterocycles. The van der Waals surface area contributed by atoms with Gasteiger partial charge in [0.15, 0.2) is 0 Å². The fraction of sp³-hybridized carbons (Fsp3) is 1.00. The van der Waals surface area contributed by atoms with Gasteiger partial charge in [-0.2, -0.15) is 0 Å². The van der Waals surface area contributed by atoms with Crippen LogP contribution in [-0.2, 0) is 9.47 Å². The van der Waals surface area contributed by atoms with Gasteiger partial charge in [0.1, 0.15) is 0 Å². The summed E-state index contributed by atoms with van der Waals surface area (Å²) in [6.45, 7) is 11.0. The molecule has 3 nitrogen and oxygen atoms in total. The molecule has 0 aromatic rings. The molecule has 0 radical (unpaired) electrons. The van der Waals surface area contributed by atoms with E-state index in [-0.39, 0.29) is 0 Å². The van der Waals surface area contributed by atoms with Crippen molar-refractivity contribution in [2.45, 2.75) is 33.3 Å². The van der Waals surface area contributed by atoms with Crippen LogP contribution < -0.4 is 5.32 Å². The Labute approximate surface area is 93.5 Å². The van der Waals surface area contributed by atoms with Crippen molar-refractivity contribution < 1.29 is 9.47 Å². The van der Waals surface area contributed by atoms with E-state index in [1.807, 2.05) is 0 Å². The maximum Gasteiger partial charge on any atom is 0.0704 e. The van der Waals surface area contributed by atoms with E-state index in [2.05, 4.69) is 26.1 Å². The van der Waals surface area contributed by atoms with E-state index in [4.69, 9.17) is 9.47 Å². The van der Waals surface area contributed by atoms with Gasteiger partial charge in [0.05, 0.1) is 19.3 Å². The molecule has 1 aliphatic heterocycles. The topological polar surface area (TPSA) is 30.5 Å². The molecule has 0 saturated carbocycles. The number of nitrogens with one attached hydrogen (secondary N) is 1. The van der Waals surface area contributed by atoms with Gasteiger partial charge in [-0.3, -0.25) is 0 Å². The first-order valence-corrected chi connectivity index (χ1v) is 6.10. The molecule has 0 aliphatic carbocycles. The summed E-state index contributed by atoms with van der Waals surface area (Å²) in [6.07, 6.45) is 1.56. The summed E-state index contributed by atoms with van der Waals surface area (Å²) in [7, 11) is 0. The van der Waals surface area contributed by atoms with Crippen LogP contribution in [0.3, 0.4) is 0 Å². The molecule has 0 spiro atoms. The number of rotatable bonds is 6. The molecular formula is C12H25NO2. The second-order valence-corrected chi connectivity index (χ2v) is 4.85. The molecule has 90 valence electrons. The average Bonchev–Trinajstić information content (AvgIpc) is 2.20. The zero-order chi connectivity index (χ0) is 11.1. The van der Waals surface area contributed by atoms with E-state index < -0.39 is 0 Å². The summed E-state index contributed by atoms with van der Waals surface area (Å²) in [5.74, 6) is 1.24. The maximum absolute atomic E-state index is 5.81. The van der Waals surface area contributed by atoms with Crippen molar-refractivity contribution in [1.29, 1.82) is 0 Å². The third kappa shape index (κ3) is 5.50. The molecule has 1 saturated heterocycles. The normalized spacial score (nSPS) is 27.2. The molecule has 3 heteroatoms. The van der Waals surface area contributed by atoms with Crippen molar-refractivity contribution in [3.8, 4) is 0 Å². The maximum atomic E-state index is 5.81. The van der Waals surface area contributed by atoms with Crippen LogP contribution in [0.25, 0.3) is 0 Å². The molecule has 1 rings (SSSR count). The third-order valence-corrected chi connectivity index (χ3v) is 2.72. The minimum atomic E-state index is 0.425. The minimum Gasteiger partial charge on any atom is -0.379 e. The number of hydrogen-bond donors (Lipinski definition) is 1. The summed E-state index contributed by atoms with van der Waals surface area (Å²) >= 11 is 0. The monoisotopic (exact) mass is 215 g/mol. The second kappa shape index (κ2) is 7.20. The fourth-order valence-corrected chi connectivity index (χ4v) is 1.82. The average molecular weight is 215 g/mol. The molecule has 1 aliphatic rings. The third-order valence-electron chi connectivity index (χ3n) is 2.72. The molecule has 0 amide bonds. The van der Waals surface area contributed by atoms with Crippen molar-refractivity contribution in [3.63, 3.8) is 0 Å². The smallest absolute Gasteiger partial charge is 0.0704 e. The van der Waals surface area contributed by atoms with Gasteiger partial charge in [-0.05, 0) is 24.8 Å². The molecule has 0 aromatic carbocycles. The van der Waals surface area contributed by atoms with E-state index in [1.54, 1.807) is 0 Å². The van der Waals surface area contributed by atoms with Gasteiger partial charge in [0, 0.05) is 13.2 Å². The first kappa shape index (κ1) is 12.9. The lowest BCUT2D eigenvalue weighted by molar-refractivity contribution is -0.0321. The Morgan fingerprint density at radius 2 is 2.13 bits per heavy atom. The largest absolute Gasteiger partial charge is 0.379 e. The van der Waals surface area contributed by atoms with Crippen molar-refractivity contribution in [2.75, 3.05) is 32.9 Å². The summed E-state index contributed by atoms with van der Waals surface area (Å²) in [5, 5.41) is 3.37. The number of hydrogen-bond acceptors (Lipinski definition) is 3. The van der Waals surface area contributed by atoms with Crippen LogP contribution in [0.2, 0.25) is 0 Å². The summed E-state index contributed by atoms with van der Waals surface area (Å²) in [6, 6.07) is 0. The van der Waals surface area contributed by atoms with Crippen LogP contribution in [-0.4, -0.2) is 39.0 Å². The Kier molecular flexibility index (Phi) is 6.22. The zero-order valence-corrected chi connectivity index (χ0v) is 10.3. The summed E-state index contributed by atoms with van der Waals surface area (Å²) in [5.41, 5.74) is 0. The highest BCUT2D eigenvalue weighted by Gasteiger charge is 2.20. The van der Waals surface area contributed by atoms with Gasteiger partial charge in [-0.1, -0.05) is 20.8 Å². The Morgan fingerprint density at radius 1 is 1.33 bits per heavy atom. The lowest BCUT2D eigenvalue weighted by Crippen LogP contribution is -2.40. The summed E-state index contributed by atoms with van der Waals surface area (Å²) < 4.78 is 11.3. The molecule has 2 atom stereocenters. The number of piperidine rings is 1. The summed E-state index contributed by atoms with van der Waals surface area (Å²) in [4.78, 5) is 0. The molecule has 0 bridgehead atoms. The van der Waals surface area contributed by atoms with Crippen molar-refractivity contribution >= 4 is 0 Å². The fourth-order valence-electron chi connectivity index (χ4n) is 1.82. The van der Waals surface area contributed by atoms with Gasteiger partial charge >= 0.3 is 0 Å². The molecular weight excluding hydrogens is 190 g/mol. The lowest BCUT2D eigenvalue weighted by atomic mass is 9.98. The highest BCUT2D eigenvalue weighted by atomic mass is 16.5. The van der Waals surface area contributed by atoms with Crippen LogP contribution in [0.1, 0.15) is 27.2 Å². The predicted molar refractivity (Wildman–Crippen MR) is 62.0 cm³/mol. The zero-order valence-electron chi connectivity index (χ0n) is 10.3. The Hall–Kier alpha value is -0.120. The van der Waals surface area contributed by atoms with Gasteiger partial charge in [-0.25, -0.2) is 0 Å². The highest BCUT2D eigenvalue weighted by Crippen LogP contribution is 2.13. The first-order chi connectivity index (χ1) is 7.20. The van der Waals surface area contributed by atoms with E-state index >= 15 is 0 Å². The Bertz CT molecular complexity index is 162. The molecule has 1 fully saturated rings. The van der Waals surface area contributed by atoms with Crippen molar-refractivity contribution in [3.05, 3.63) is 0 Å². The minimum absolute atomic E-state index is 0.425. The van der Waals surface area contributed by atoms with Crippen LogP contribution in [0.15, 0.2) is 0 Å². The second-order valence-electron chi connectivity index (χ2n) is 4.85. The van der Waals surface area contributed by atoms with E-state index in [0.29, 0.717) is 17.9 Å². The van der Waals surface area contributed by atoms with Gasteiger partial charge in [0.2, 0.25) is 0 Å².